The van der Waals surface area contributed by atoms with Crippen LogP contribution in [0.3, 0.4) is 0 Å². The molecule has 2 aliphatic heterocycles. The van der Waals surface area contributed by atoms with Gasteiger partial charge in [0.05, 0.1) is 42.3 Å². The van der Waals surface area contributed by atoms with E-state index >= 15 is 0 Å². The van der Waals surface area contributed by atoms with Gasteiger partial charge in [-0.3, -0.25) is 9.59 Å². The van der Waals surface area contributed by atoms with Crippen LogP contribution in [0.25, 0.3) is 11.0 Å². The van der Waals surface area contributed by atoms with Gasteiger partial charge in [0, 0.05) is 51.4 Å². The van der Waals surface area contributed by atoms with E-state index in [1.54, 1.807) is 6.07 Å². The second-order valence-corrected chi connectivity index (χ2v) is 9.09. The maximum Gasteiger partial charge on any atom is 0.291 e. The van der Waals surface area contributed by atoms with Crippen molar-refractivity contribution in [3.8, 4) is 5.75 Å². The summed E-state index contributed by atoms with van der Waals surface area (Å²) in [6.45, 7) is 8.52. The molecule has 9 nitrogen and oxygen atoms in total. The van der Waals surface area contributed by atoms with Gasteiger partial charge in [0.25, 0.3) is 5.91 Å². The number of benzene rings is 2. The highest BCUT2D eigenvalue weighted by atomic mass is 16.5. The van der Waals surface area contributed by atoms with E-state index in [-0.39, 0.29) is 11.2 Å². The molecule has 5 rings (SSSR count). The van der Waals surface area contributed by atoms with Gasteiger partial charge in [0.2, 0.25) is 0 Å². The fourth-order valence-electron chi connectivity index (χ4n) is 4.70. The van der Waals surface area contributed by atoms with Crippen LogP contribution in [0.4, 0.5) is 17.1 Å². The predicted octanol–water partition coefficient (Wildman–Crippen LogP) is 3.03. The van der Waals surface area contributed by atoms with Gasteiger partial charge in [-0.1, -0.05) is 12.1 Å². The fraction of sp³-hybridized carbons (Fsp3) is 0.407. The molecule has 2 aromatic carbocycles. The molecule has 9 heteroatoms. The molecule has 36 heavy (non-hydrogen) atoms. The maximum absolute atomic E-state index is 13.3. The second-order valence-electron chi connectivity index (χ2n) is 9.09. The molecule has 2 saturated heterocycles. The number of nitrogens with one attached hydrogen (secondary N) is 1. The summed E-state index contributed by atoms with van der Waals surface area (Å²) in [4.78, 5) is 33.1. The lowest BCUT2D eigenvalue weighted by atomic mass is 10.1. The Balaban J connectivity index is 1.50. The SMILES string of the molecule is CCOc1cc(N2CCN(C)CC2)c2oc(C(=O)Nc3ccccc3N3CCOCC3)cc(=O)c2c1. The zero-order valence-electron chi connectivity index (χ0n) is 20.8. The molecule has 2 fully saturated rings. The number of ether oxygens (including phenoxy) is 2. The van der Waals surface area contributed by atoms with E-state index in [1.807, 2.05) is 37.3 Å². The largest absolute Gasteiger partial charge is 0.494 e. The maximum atomic E-state index is 13.3. The zero-order valence-corrected chi connectivity index (χ0v) is 20.8. The Morgan fingerprint density at radius 3 is 2.44 bits per heavy atom. The molecule has 0 radical (unpaired) electrons. The van der Waals surface area contributed by atoms with Crippen molar-refractivity contribution < 1.29 is 18.7 Å². The van der Waals surface area contributed by atoms with E-state index in [4.69, 9.17) is 13.9 Å². The number of morpholine rings is 1. The van der Waals surface area contributed by atoms with Crippen LogP contribution in [0.15, 0.2) is 51.7 Å². The van der Waals surface area contributed by atoms with Gasteiger partial charge in [-0.05, 0) is 32.2 Å². The monoisotopic (exact) mass is 492 g/mol. The Hall–Kier alpha value is -3.56. The number of piperazine rings is 1. The summed E-state index contributed by atoms with van der Waals surface area (Å²) in [6.07, 6.45) is 0. The van der Waals surface area contributed by atoms with Crippen LogP contribution in [0.1, 0.15) is 17.5 Å². The molecule has 0 bridgehead atoms. The first-order valence-corrected chi connectivity index (χ1v) is 12.4. The van der Waals surface area contributed by atoms with Crippen molar-refractivity contribution in [1.82, 2.24) is 4.90 Å². The summed E-state index contributed by atoms with van der Waals surface area (Å²) in [5.74, 6) is 0.125. The van der Waals surface area contributed by atoms with Gasteiger partial charge < -0.3 is 33.9 Å². The van der Waals surface area contributed by atoms with Crippen LogP contribution >= 0.6 is 0 Å². The number of amides is 1. The summed E-state index contributed by atoms with van der Waals surface area (Å²) in [5, 5.41) is 3.36. The molecule has 1 amide bonds. The number of anilines is 3. The fourth-order valence-corrected chi connectivity index (χ4v) is 4.70. The number of hydrogen-bond donors (Lipinski definition) is 1. The van der Waals surface area contributed by atoms with Crippen molar-refractivity contribution in [3.05, 3.63) is 58.4 Å². The lowest BCUT2D eigenvalue weighted by molar-refractivity contribution is 0.0997. The normalized spacial score (nSPS) is 16.8. The van der Waals surface area contributed by atoms with Crippen LogP contribution in [-0.2, 0) is 4.74 Å². The van der Waals surface area contributed by atoms with Gasteiger partial charge in [-0.15, -0.1) is 0 Å². The molecule has 1 N–H and O–H groups in total. The smallest absolute Gasteiger partial charge is 0.291 e. The van der Waals surface area contributed by atoms with Crippen molar-refractivity contribution in [2.24, 2.45) is 0 Å². The molecule has 0 unspecified atom stereocenters. The highest BCUT2D eigenvalue weighted by molar-refractivity contribution is 6.05. The first-order chi connectivity index (χ1) is 17.5. The quantitative estimate of drug-likeness (QED) is 0.562. The van der Waals surface area contributed by atoms with Crippen LogP contribution in [0, 0.1) is 0 Å². The first-order valence-electron chi connectivity index (χ1n) is 12.4. The third-order valence-electron chi connectivity index (χ3n) is 6.67. The second kappa shape index (κ2) is 10.6. The Kier molecular flexibility index (Phi) is 7.11. The Morgan fingerprint density at radius 2 is 1.69 bits per heavy atom. The number of fused-ring (bicyclic) bond motifs is 1. The summed E-state index contributed by atoms with van der Waals surface area (Å²) in [7, 11) is 2.09. The minimum Gasteiger partial charge on any atom is -0.494 e. The van der Waals surface area contributed by atoms with Crippen molar-refractivity contribution in [2.75, 3.05) is 81.3 Å². The summed E-state index contributed by atoms with van der Waals surface area (Å²) < 4.78 is 17.4. The molecular weight excluding hydrogens is 460 g/mol. The Bertz CT molecular complexity index is 1290. The van der Waals surface area contributed by atoms with Crippen LogP contribution in [-0.4, -0.2) is 76.9 Å². The van der Waals surface area contributed by atoms with Gasteiger partial charge in [-0.2, -0.15) is 0 Å². The van der Waals surface area contributed by atoms with E-state index in [9.17, 15) is 9.59 Å². The molecule has 1 aromatic heterocycles. The van der Waals surface area contributed by atoms with Crippen molar-refractivity contribution >= 4 is 33.9 Å². The number of nitrogens with zero attached hydrogens (tertiary/aromatic N) is 3. The van der Waals surface area contributed by atoms with Crippen molar-refractivity contribution in [2.45, 2.75) is 6.92 Å². The average molecular weight is 493 g/mol. The zero-order chi connectivity index (χ0) is 25.1. The van der Waals surface area contributed by atoms with Crippen molar-refractivity contribution in [3.63, 3.8) is 0 Å². The predicted molar refractivity (Wildman–Crippen MR) is 141 cm³/mol. The molecule has 2 aliphatic rings. The summed E-state index contributed by atoms with van der Waals surface area (Å²) in [5.41, 5.74) is 2.47. The van der Waals surface area contributed by atoms with Gasteiger partial charge in [-0.25, -0.2) is 0 Å². The number of likely N-dealkylation sites (N-methyl/N-ethyl adjacent to an activating group) is 1. The molecule has 0 atom stereocenters. The number of carbonyl (C=O) groups excluding carboxylic acids is 1. The van der Waals surface area contributed by atoms with Crippen LogP contribution < -0.4 is 25.3 Å². The third kappa shape index (κ3) is 5.03. The van der Waals surface area contributed by atoms with Gasteiger partial charge in [0.15, 0.2) is 16.8 Å². The first kappa shape index (κ1) is 24.1. The van der Waals surface area contributed by atoms with E-state index < -0.39 is 5.91 Å². The summed E-state index contributed by atoms with van der Waals surface area (Å²) >= 11 is 0. The van der Waals surface area contributed by atoms with Crippen LogP contribution in [0.2, 0.25) is 0 Å². The molecule has 3 aromatic rings. The average Bonchev–Trinajstić information content (AvgIpc) is 2.90. The molecule has 0 aliphatic carbocycles. The molecule has 0 spiro atoms. The van der Waals surface area contributed by atoms with Gasteiger partial charge >= 0.3 is 0 Å². The van der Waals surface area contributed by atoms with E-state index in [2.05, 4.69) is 27.1 Å². The number of para-hydroxylation sites is 2. The van der Waals surface area contributed by atoms with Crippen LogP contribution in [0.5, 0.6) is 5.75 Å². The lowest BCUT2D eigenvalue weighted by Gasteiger charge is -2.34. The Morgan fingerprint density at radius 1 is 0.972 bits per heavy atom. The number of hydrogen-bond acceptors (Lipinski definition) is 8. The van der Waals surface area contributed by atoms with E-state index in [0.29, 0.717) is 42.2 Å². The highest BCUT2D eigenvalue weighted by Gasteiger charge is 2.23. The topological polar surface area (TPSA) is 87.5 Å². The van der Waals surface area contributed by atoms with E-state index in [1.165, 1.54) is 6.07 Å². The molecule has 190 valence electrons. The number of carbonyl (C=O) groups is 1. The number of rotatable bonds is 6. The summed E-state index contributed by atoms with van der Waals surface area (Å²) in [6, 6.07) is 12.5. The minimum atomic E-state index is -0.465. The lowest BCUT2D eigenvalue weighted by Crippen LogP contribution is -2.44. The Labute approximate surface area is 210 Å². The molecule has 0 saturated carbocycles. The standard InChI is InChI=1S/C27H32N4O5/c1-3-35-19-16-20-24(32)18-25(36-26(20)23(17-19)30-10-8-29(2)9-11-30)27(33)28-21-6-4-5-7-22(21)31-12-14-34-15-13-31/h4-7,16-18H,3,8-15H2,1-2H3,(H,28,33). The van der Waals surface area contributed by atoms with Crippen molar-refractivity contribution in [1.29, 1.82) is 0 Å². The third-order valence-corrected chi connectivity index (χ3v) is 6.67. The molecular formula is C27H32N4O5. The highest BCUT2D eigenvalue weighted by Crippen LogP contribution is 2.33. The minimum absolute atomic E-state index is 0.0242. The molecule has 3 heterocycles. The van der Waals surface area contributed by atoms with E-state index in [0.717, 1.165) is 50.6 Å². The van der Waals surface area contributed by atoms with Gasteiger partial charge in [0.1, 0.15) is 5.75 Å².